The quantitative estimate of drug-likeness (QED) is 0.525. The van der Waals surface area contributed by atoms with Crippen LogP contribution < -0.4 is 0 Å². The normalized spacial score (nSPS) is 11.3. The van der Waals surface area contributed by atoms with E-state index in [1.807, 2.05) is 6.07 Å². The SMILES string of the molecule is CC(C)CCc1ccc([N+](=O)[O-])cc1CCC(C)C. The molecule has 3 heteroatoms. The summed E-state index contributed by atoms with van der Waals surface area (Å²) in [4.78, 5) is 10.6. The number of benzene rings is 1. The molecule has 106 valence electrons. The van der Waals surface area contributed by atoms with Crippen molar-refractivity contribution in [3.63, 3.8) is 0 Å². The number of rotatable bonds is 7. The molecule has 0 bridgehead atoms. The van der Waals surface area contributed by atoms with E-state index < -0.39 is 0 Å². The van der Waals surface area contributed by atoms with Crippen molar-refractivity contribution in [1.29, 1.82) is 0 Å². The second-order valence-electron chi connectivity index (χ2n) is 6.08. The maximum Gasteiger partial charge on any atom is 0.269 e. The molecule has 0 unspecified atom stereocenters. The first-order valence-electron chi connectivity index (χ1n) is 7.16. The van der Waals surface area contributed by atoms with Crippen molar-refractivity contribution in [3.05, 3.63) is 39.4 Å². The molecule has 19 heavy (non-hydrogen) atoms. The predicted octanol–water partition coefficient (Wildman–Crippen LogP) is 4.77. The summed E-state index contributed by atoms with van der Waals surface area (Å²) in [5.74, 6) is 1.28. The zero-order chi connectivity index (χ0) is 14.4. The zero-order valence-corrected chi connectivity index (χ0v) is 12.5. The molecule has 0 radical (unpaired) electrons. The standard InChI is InChI=1S/C16H25NO2/c1-12(2)5-7-14-9-10-16(17(18)19)11-15(14)8-6-13(3)4/h9-13H,5-8H2,1-4H3. The second-order valence-corrected chi connectivity index (χ2v) is 6.08. The van der Waals surface area contributed by atoms with Gasteiger partial charge in [-0.2, -0.15) is 0 Å². The van der Waals surface area contributed by atoms with Crippen LogP contribution >= 0.6 is 0 Å². The number of nitrogens with zero attached hydrogens (tertiary/aromatic N) is 1. The van der Waals surface area contributed by atoms with E-state index in [0.717, 1.165) is 31.2 Å². The highest BCUT2D eigenvalue weighted by Gasteiger charge is 2.11. The number of non-ortho nitro benzene ring substituents is 1. The Morgan fingerprint density at radius 2 is 1.53 bits per heavy atom. The van der Waals surface area contributed by atoms with Crippen molar-refractivity contribution in [2.24, 2.45) is 11.8 Å². The summed E-state index contributed by atoms with van der Waals surface area (Å²) in [6.45, 7) is 8.79. The molecule has 0 aromatic heterocycles. The van der Waals surface area contributed by atoms with Crippen LogP contribution in [-0.2, 0) is 12.8 Å². The molecule has 0 amide bonds. The molecule has 0 saturated heterocycles. The molecule has 0 aliphatic rings. The van der Waals surface area contributed by atoms with Crippen LogP contribution in [0.2, 0.25) is 0 Å². The van der Waals surface area contributed by atoms with Gasteiger partial charge in [0, 0.05) is 12.1 Å². The molecule has 0 saturated carbocycles. The fourth-order valence-corrected chi connectivity index (χ4v) is 2.09. The van der Waals surface area contributed by atoms with E-state index in [9.17, 15) is 10.1 Å². The van der Waals surface area contributed by atoms with Crippen LogP contribution in [0.1, 0.15) is 51.7 Å². The Morgan fingerprint density at radius 1 is 1.00 bits per heavy atom. The first-order valence-corrected chi connectivity index (χ1v) is 7.16. The van der Waals surface area contributed by atoms with Gasteiger partial charge in [-0.1, -0.05) is 33.8 Å². The van der Waals surface area contributed by atoms with Crippen LogP contribution in [0.4, 0.5) is 5.69 Å². The van der Waals surface area contributed by atoms with Gasteiger partial charge in [-0.05, 0) is 48.6 Å². The largest absolute Gasteiger partial charge is 0.269 e. The van der Waals surface area contributed by atoms with Gasteiger partial charge in [0.15, 0.2) is 0 Å². The van der Waals surface area contributed by atoms with E-state index in [0.29, 0.717) is 11.8 Å². The van der Waals surface area contributed by atoms with Crippen LogP contribution in [0.15, 0.2) is 18.2 Å². The van der Waals surface area contributed by atoms with Crippen LogP contribution in [0.25, 0.3) is 0 Å². The highest BCUT2D eigenvalue weighted by molar-refractivity contribution is 5.40. The molecule has 1 aromatic carbocycles. The average Bonchev–Trinajstić information content (AvgIpc) is 2.33. The summed E-state index contributed by atoms with van der Waals surface area (Å²) in [6.07, 6.45) is 4.16. The van der Waals surface area contributed by atoms with Crippen molar-refractivity contribution >= 4 is 5.69 Å². The van der Waals surface area contributed by atoms with Crippen LogP contribution in [0.5, 0.6) is 0 Å². The molecule has 0 heterocycles. The Morgan fingerprint density at radius 3 is 2.00 bits per heavy atom. The first kappa shape index (κ1) is 15.7. The van der Waals surface area contributed by atoms with Gasteiger partial charge in [0.05, 0.1) is 4.92 Å². The minimum atomic E-state index is -0.300. The van der Waals surface area contributed by atoms with Gasteiger partial charge in [-0.3, -0.25) is 10.1 Å². The number of aryl methyl sites for hydroxylation is 2. The fourth-order valence-electron chi connectivity index (χ4n) is 2.09. The van der Waals surface area contributed by atoms with Gasteiger partial charge in [0.25, 0.3) is 5.69 Å². The third-order valence-electron chi connectivity index (χ3n) is 3.38. The maximum absolute atomic E-state index is 10.9. The van der Waals surface area contributed by atoms with Crippen molar-refractivity contribution in [2.45, 2.75) is 53.4 Å². The van der Waals surface area contributed by atoms with Crippen LogP contribution in [0.3, 0.4) is 0 Å². The number of nitro benzene ring substituents is 1. The van der Waals surface area contributed by atoms with Crippen LogP contribution in [0, 0.1) is 22.0 Å². The second kappa shape index (κ2) is 7.27. The molecule has 1 aromatic rings. The Labute approximate surface area is 116 Å². The lowest BCUT2D eigenvalue weighted by Gasteiger charge is -2.12. The zero-order valence-electron chi connectivity index (χ0n) is 12.5. The number of hydrogen-bond acceptors (Lipinski definition) is 2. The van der Waals surface area contributed by atoms with Crippen LogP contribution in [-0.4, -0.2) is 4.92 Å². The van der Waals surface area contributed by atoms with Gasteiger partial charge in [-0.15, -0.1) is 0 Å². The summed E-state index contributed by atoms with van der Waals surface area (Å²) < 4.78 is 0. The Kier molecular flexibility index (Phi) is 6.00. The molecule has 0 fully saturated rings. The third kappa shape index (κ3) is 5.41. The first-order chi connectivity index (χ1) is 8.90. The molecular formula is C16H25NO2. The monoisotopic (exact) mass is 263 g/mol. The third-order valence-corrected chi connectivity index (χ3v) is 3.38. The topological polar surface area (TPSA) is 43.1 Å². The summed E-state index contributed by atoms with van der Waals surface area (Å²) >= 11 is 0. The minimum absolute atomic E-state index is 0.215. The van der Waals surface area contributed by atoms with Gasteiger partial charge in [0.2, 0.25) is 0 Å². The highest BCUT2D eigenvalue weighted by atomic mass is 16.6. The van der Waals surface area contributed by atoms with Crippen molar-refractivity contribution in [1.82, 2.24) is 0 Å². The molecule has 0 aliphatic heterocycles. The minimum Gasteiger partial charge on any atom is -0.258 e. The van der Waals surface area contributed by atoms with Crippen molar-refractivity contribution in [2.75, 3.05) is 0 Å². The van der Waals surface area contributed by atoms with E-state index >= 15 is 0 Å². The van der Waals surface area contributed by atoms with Gasteiger partial charge >= 0.3 is 0 Å². The Hall–Kier alpha value is -1.38. The lowest BCUT2D eigenvalue weighted by atomic mass is 9.93. The van der Waals surface area contributed by atoms with Crippen molar-refractivity contribution in [3.8, 4) is 0 Å². The van der Waals surface area contributed by atoms with Gasteiger partial charge < -0.3 is 0 Å². The molecule has 0 aliphatic carbocycles. The average molecular weight is 263 g/mol. The summed E-state index contributed by atoms with van der Waals surface area (Å²) in [6, 6.07) is 5.34. The summed E-state index contributed by atoms with van der Waals surface area (Å²) in [5.41, 5.74) is 2.65. The number of hydrogen-bond donors (Lipinski definition) is 0. The Balaban J connectivity index is 2.90. The molecule has 3 nitrogen and oxygen atoms in total. The molecule has 1 rings (SSSR count). The summed E-state index contributed by atoms with van der Waals surface area (Å²) in [5, 5.41) is 10.9. The van der Waals surface area contributed by atoms with E-state index in [4.69, 9.17) is 0 Å². The van der Waals surface area contributed by atoms with Gasteiger partial charge in [-0.25, -0.2) is 0 Å². The van der Waals surface area contributed by atoms with Crippen molar-refractivity contribution < 1.29 is 4.92 Å². The highest BCUT2D eigenvalue weighted by Crippen LogP contribution is 2.22. The van der Waals surface area contributed by atoms with E-state index in [2.05, 4.69) is 27.7 Å². The summed E-state index contributed by atoms with van der Waals surface area (Å²) in [7, 11) is 0. The lowest BCUT2D eigenvalue weighted by Crippen LogP contribution is -2.01. The van der Waals surface area contributed by atoms with E-state index in [1.165, 1.54) is 5.56 Å². The molecule has 0 atom stereocenters. The Bertz CT molecular complexity index is 425. The maximum atomic E-state index is 10.9. The molecular weight excluding hydrogens is 238 g/mol. The number of nitro groups is 1. The lowest BCUT2D eigenvalue weighted by molar-refractivity contribution is -0.384. The van der Waals surface area contributed by atoms with Gasteiger partial charge in [0.1, 0.15) is 0 Å². The molecule has 0 N–H and O–H groups in total. The predicted molar refractivity (Wildman–Crippen MR) is 79.4 cm³/mol. The van der Waals surface area contributed by atoms with E-state index in [-0.39, 0.29) is 10.6 Å². The smallest absolute Gasteiger partial charge is 0.258 e. The fraction of sp³-hybridized carbons (Fsp3) is 0.625. The van der Waals surface area contributed by atoms with E-state index in [1.54, 1.807) is 12.1 Å². The molecule has 0 spiro atoms.